The number of aryl methyl sites for hydroxylation is 1. The van der Waals surface area contributed by atoms with E-state index in [4.69, 9.17) is 4.98 Å². The Morgan fingerprint density at radius 2 is 2.19 bits per heavy atom. The Hall–Kier alpha value is -1.88. The third-order valence-corrected chi connectivity index (χ3v) is 4.20. The molecule has 0 aliphatic carbocycles. The molecule has 2 heterocycles. The summed E-state index contributed by atoms with van der Waals surface area (Å²) in [5.74, 6) is 1.08. The summed E-state index contributed by atoms with van der Waals surface area (Å²) in [6.45, 7) is 2.86. The molecule has 1 aliphatic rings. The third-order valence-electron chi connectivity index (χ3n) is 4.20. The molecule has 3 rings (SSSR count). The normalized spacial score (nSPS) is 21.0. The number of fused-ring (bicyclic) bond motifs is 1. The molecule has 0 radical (unpaired) electrons. The Morgan fingerprint density at radius 1 is 1.38 bits per heavy atom. The van der Waals surface area contributed by atoms with Crippen LogP contribution in [0.25, 0.3) is 11.0 Å². The highest BCUT2D eigenvalue weighted by atomic mass is 16.2. The van der Waals surface area contributed by atoms with Gasteiger partial charge in [-0.1, -0.05) is 12.1 Å². The summed E-state index contributed by atoms with van der Waals surface area (Å²) in [6, 6.07) is 8.01. The van der Waals surface area contributed by atoms with Crippen LogP contribution < -0.4 is 10.6 Å². The Balaban J connectivity index is 1.81. The summed E-state index contributed by atoms with van der Waals surface area (Å²) in [5, 5.41) is 6.40. The molecule has 1 saturated heterocycles. The zero-order chi connectivity index (χ0) is 14.8. The van der Waals surface area contributed by atoms with Gasteiger partial charge in [-0.2, -0.15) is 0 Å². The van der Waals surface area contributed by atoms with Crippen LogP contribution in [0.5, 0.6) is 0 Å². The zero-order valence-electron chi connectivity index (χ0n) is 12.6. The van der Waals surface area contributed by atoms with E-state index in [1.54, 1.807) is 0 Å². The second-order valence-corrected chi connectivity index (χ2v) is 5.75. The lowest BCUT2D eigenvalue weighted by Gasteiger charge is -2.20. The molecular weight excluding hydrogens is 264 g/mol. The molecule has 1 aromatic carbocycles. The van der Waals surface area contributed by atoms with Crippen LogP contribution in [-0.4, -0.2) is 28.0 Å². The van der Waals surface area contributed by atoms with Gasteiger partial charge in [-0.25, -0.2) is 4.98 Å². The molecule has 5 heteroatoms. The summed E-state index contributed by atoms with van der Waals surface area (Å²) in [4.78, 5) is 16.7. The maximum absolute atomic E-state index is 12.0. The highest BCUT2D eigenvalue weighted by Crippen LogP contribution is 2.20. The van der Waals surface area contributed by atoms with Crippen molar-refractivity contribution in [2.45, 2.75) is 38.3 Å². The topological polar surface area (TPSA) is 58.9 Å². The van der Waals surface area contributed by atoms with Crippen molar-refractivity contribution in [3.8, 4) is 0 Å². The number of rotatable bonds is 3. The summed E-state index contributed by atoms with van der Waals surface area (Å²) >= 11 is 0. The van der Waals surface area contributed by atoms with Crippen molar-refractivity contribution in [1.82, 2.24) is 20.2 Å². The number of hydrogen-bond donors (Lipinski definition) is 2. The van der Waals surface area contributed by atoms with Crippen LogP contribution in [0.1, 0.15) is 38.1 Å². The molecule has 21 heavy (non-hydrogen) atoms. The van der Waals surface area contributed by atoms with Gasteiger partial charge in [-0.05, 0) is 38.3 Å². The van der Waals surface area contributed by atoms with E-state index in [-0.39, 0.29) is 18.0 Å². The standard InChI is InChI=1S/C16H22N4O/c1-11(18-13-8-5-6-10-17-16(13)21)15-19-12-7-3-4-9-14(12)20(15)2/h3-4,7,9,11,13,18H,5-6,8,10H2,1-2H3,(H,17,21). The lowest BCUT2D eigenvalue weighted by molar-refractivity contribution is -0.123. The van der Waals surface area contributed by atoms with Crippen LogP contribution in [0, 0.1) is 0 Å². The number of aromatic nitrogens is 2. The fourth-order valence-corrected chi connectivity index (χ4v) is 3.03. The molecule has 0 saturated carbocycles. The molecule has 1 aliphatic heterocycles. The van der Waals surface area contributed by atoms with Gasteiger partial charge in [0.25, 0.3) is 0 Å². The van der Waals surface area contributed by atoms with Crippen LogP contribution >= 0.6 is 0 Å². The number of imidazole rings is 1. The summed E-state index contributed by atoms with van der Waals surface area (Å²) < 4.78 is 2.10. The number of benzene rings is 1. The van der Waals surface area contributed by atoms with Crippen molar-refractivity contribution in [1.29, 1.82) is 0 Å². The Kier molecular flexibility index (Phi) is 3.92. The summed E-state index contributed by atoms with van der Waals surface area (Å²) in [7, 11) is 2.02. The average molecular weight is 286 g/mol. The molecule has 0 bridgehead atoms. The first-order valence-electron chi connectivity index (χ1n) is 7.62. The van der Waals surface area contributed by atoms with Crippen LogP contribution in [0.15, 0.2) is 24.3 Å². The lowest BCUT2D eigenvalue weighted by Crippen LogP contribution is -2.44. The molecule has 1 aromatic heterocycles. The van der Waals surface area contributed by atoms with Gasteiger partial charge in [0.2, 0.25) is 5.91 Å². The third kappa shape index (κ3) is 2.78. The minimum atomic E-state index is -0.123. The first-order valence-corrected chi connectivity index (χ1v) is 7.62. The van der Waals surface area contributed by atoms with Gasteiger partial charge in [0.15, 0.2) is 0 Å². The fraction of sp³-hybridized carbons (Fsp3) is 0.500. The van der Waals surface area contributed by atoms with Gasteiger partial charge in [0.05, 0.1) is 23.1 Å². The minimum absolute atomic E-state index is 0.0382. The second-order valence-electron chi connectivity index (χ2n) is 5.75. The predicted octanol–water partition coefficient (Wildman–Crippen LogP) is 1.89. The van der Waals surface area contributed by atoms with Crippen molar-refractivity contribution in [3.05, 3.63) is 30.1 Å². The van der Waals surface area contributed by atoms with Crippen molar-refractivity contribution in [3.63, 3.8) is 0 Å². The Morgan fingerprint density at radius 3 is 3.00 bits per heavy atom. The van der Waals surface area contributed by atoms with Crippen molar-refractivity contribution in [2.24, 2.45) is 7.05 Å². The summed E-state index contributed by atoms with van der Waals surface area (Å²) in [5.41, 5.74) is 2.11. The van der Waals surface area contributed by atoms with Gasteiger partial charge in [-0.15, -0.1) is 0 Å². The van der Waals surface area contributed by atoms with E-state index in [9.17, 15) is 4.79 Å². The van der Waals surface area contributed by atoms with Crippen LogP contribution in [0.4, 0.5) is 0 Å². The molecule has 1 amide bonds. The zero-order valence-corrected chi connectivity index (χ0v) is 12.6. The van der Waals surface area contributed by atoms with Gasteiger partial charge in [0, 0.05) is 13.6 Å². The molecule has 2 aromatic rings. The van der Waals surface area contributed by atoms with Crippen LogP contribution in [0.2, 0.25) is 0 Å². The molecule has 5 nitrogen and oxygen atoms in total. The van der Waals surface area contributed by atoms with E-state index < -0.39 is 0 Å². The SMILES string of the molecule is CC(NC1CCCCNC1=O)c1nc2ccccc2n1C. The van der Waals surface area contributed by atoms with E-state index in [2.05, 4.69) is 28.2 Å². The molecule has 2 unspecified atom stereocenters. The first kappa shape index (κ1) is 14.1. The van der Waals surface area contributed by atoms with Crippen LogP contribution in [0.3, 0.4) is 0 Å². The van der Waals surface area contributed by atoms with Gasteiger partial charge < -0.3 is 9.88 Å². The van der Waals surface area contributed by atoms with Crippen molar-refractivity contribution < 1.29 is 4.79 Å². The van der Waals surface area contributed by atoms with E-state index >= 15 is 0 Å². The number of carbonyl (C=O) groups excluding carboxylic acids is 1. The van der Waals surface area contributed by atoms with E-state index in [1.807, 2.05) is 25.2 Å². The maximum atomic E-state index is 12.0. The van der Waals surface area contributed by atoms with Gasteiger partial charge in [0.1, 0.15) is 5.82 Å². The molecule has 112 valence electrons. The van der Waals surface area contributed by atoms with E-state index in [0.29, 0.717) is 0 Å². The highest BCUT2D eigenvalue weighted by molar-refractivity contribution is 5.82. The number of carbonyl (C=O) groups is 1. The largest absolute Gasteiger partial charge is 0.355 e. The van der Waals surface area contributed by atoms with E-state index in [1.165, 1.54) is 0 Å². The number of amides is 1. The predicted molar refractivity (Wildman–Crippen MR) is 82.9 cm³/mol. The number of para-hydroxylation sites is 2. The van der Waals surface area contributed by atoms with Gasteiger partial charge >= 0.3 is 0 Å². The van der Waals surface area contributed by atoms with Crippen molar-refractivity contribution >= 4 is 16.9 Å². The Labute approximate surface area is 124 Å². The average Bonchev–Trinajstić information content (AvgIpc) is 2.69. The molecular formula is C16H22N4O. The Bertz CT molecular complexity index is 649. The smallest absolute Gasteiger partial charge is 0.237 e. The first-order chi connectivity index (χ1) is 10.2. The number of nitrogens with zero attached hydrogens (tertiary/aromatic N) is 2. The highest BCUT2D eigenvalue weighted by Gasteiger charge is 2.24. The molecule has 0 spiro atoms. The minimum Gasteiger partial charge on any atom is -0.355 e. The lowest BCUT2D eigenvalue weighted by atomic mass is 10.1. The monoisotopic (exact) mass is 286 g/mol. The van der Waals surface area contributed by atoms with E-state index in [0.717, 1.165) is 42.7 Å². The van der Waals surface area contributed by atoms with Crippen LogP contribution in [-0.2, 0) is 11.8 Å². The fourth-order valence-electron chi connectivity index (χ4n) is 3.03. The molecule has 1 fully saturated rings. The summed E-state index contributed by atoms with van der Waals surface area (Å²) in [6.07, 6.45) is 3.02. The number of hydrogen-bond acceptors (Lipinski definition) is 3. The molecule has 2 N–H and O–H groups in total. The van der Waals surface area contributed by atoms with Crippen molar-refractivity contribution in [2.75, 3.05) is 6.54 Å². The maximum Gasteiger partial charge on any atom is 0.237 e. The molecule has 2 atom stereocenters. The van der Waals surface area contributed by atoms with Gasteiger partial charge in [-0.3, -0.25) is 10.1 Å². The quantitative estimate of drug-likeness (QED) is 0.906. The second kappa shape index (κ2) is 5.85. The number of nitrogens with one attached hydrogen (secondary N) is 2.